The molecule has 0 spiro atoms. The molecule has 5 aromatic rings. The Kier molecular flexibility index (Phi) is 8.88. The third-order valence-electron chi connectivity index (χ3n) is 6.24. The fourth-order valence-electron chi connectivity index (χ4n) is 4.27. The monoisotopic (exact) mass is 583 g/mol. The average molecular weight is 584 g/mol. The lowest BCUT2D eigenvalue weighted by atomic mass is 10.0. The van der Waals surface area contributed by atoms with Gasteiger partial charge >= 0.3 is 5.97 Å². The molecule has 11 heteroatoms. The van der Waals surface area contributed by atoms with Crippen molar-refractivity contribution in [2.45, 2.75) is 18.6 Å². The molecule has 9 nitrogen and oxygen atoms in total. The molecule has 4 aromatic carbocycles. The van der Waals surface area contributed by atoms with Crippen LogP contribution < -0.4 is 10.6 Å². The van der Waals surface area contributed by atoms with Crippen molar-refractivity contribution in [2.24, 2.45) is 0 Å². The summed E-state index contributed by atoms with van der Waals surface area (Å²) in [5.74, 6) is -1.00. The molecule has 2 N–H and O–H groups in total. The summed E-state index contributed by atoms with van der Waals surface area (Å²) in [7, 11) is 0. The van der Waals surface area contributed by atoms with Crippen LogP contribution in [-0.4, -0.2) is 44.9 Å². The van der Waals surface area contributed by atoms with Gasteiger partial charge in [0.1, 0.15) is 5.82 Å². The predicted molar refractivity (Wildman–Crippen MR) is 158 cm³/mol. The van der Waals surface area contributed by atoms with Crippen LogP contribution in [0.1, 0.15) is 33.5 Å². The summed E-state index contributed by atoms with van der Waals surface area (Å²) in [6.45, 7) is 2.05. The summed E-state index contributed by atoms with van der Waals surface area (Å²) < 4.78 is 20.3. The molecule has 1 heterocycles. The van der Waals surface area contributed by atoms with Crippen LogP contribution in [0.4, 0.5) is 10.1 Å². The highest BCUT2D eigenvalue weighted by molar-refractivity contribution is 7.99. The van der Waals surface area contributed by atoms with E-state index in [0.717, 1.165) is 22.5 Å². The maximum absolute atomic E-state index is 13.7. The van der Waals surface area contributed by atoms with Crippen LogP contribution in [0.2, 0.25) is 0 Å². The SMILES string of the molecule is CCOC(=O)c1ccc(NC(=O)CSc2nnc(CNC(=O)c3cccc4ccccc34)n2-c2ccc(F)cc2)cc1. The second-order valence-electron chi connectivity index (χ2n) is 9.05. The predicted octanol–water partition coefficient (Wildman–Crippen LogP) is 5.40. The van der Waals surface area contributed by atoms with Crippen molar-refractivity contribution >= 4 is 46.0 Å². The van der Waals surface area contributed by atoms with E-state index in [9.17, 15) is 18.8 Å². The summed E-state index contributed by atoms with van der Waals surface area (Å²) in [5, 5.41) is 16.4. The largest absolute Gasteiger partial charge is 0.462 e. The number of carbonyl (C=O) groups excluding carboxylic acids is 3. The van der Waals surface area contributed by atoms with Crippen LogP contribution in [0.25, 0.3) is 16.5 Å². The molecule has 2 amide bonds. The van der Waals surface area contributed by atoms with Crippen molar-refractivity contribution in [3.63, 3.8) is 0 Å². The van der Waals surface area contributed by atoms with Gasteiger partial charge in [-0.15, -0.1) is 10.2 Å². The van der Waals surface area contributed by atoms with Gasteiger partial charge in [0, 0.05) is 16.9 Å². The van der Waals surface area contributed by atoms with Crippen LogP contribution in [0.5, 0.6) is 0 Å². The van der Waals surface area contributed by atoms with Crippen LogP contribution in [-0.2, 0) is 16.1 Å². The topological polar surface area (TPSA) is 115 Å². The highest BCUT2D eigenvalue weighted by Crippen LogP contribution is 2.24. The first-order valence-electron chi connectivity index (χ1n) is 13.1. The first-order valence-corrected chi connectivity index (χ1v) is 14.1. The molecular weight excluding hydrogens is 557 g/mol. The number of fused-ring (bicyclic) bond motifs is 1. The minimum atomic E-state index is -0.435. The second-order valence-corrected chi connectivity index (χ2v) is 10.00. The number of ether oxygens (including phenoxy) is 1. The summed E-state index contributed by atoms with van der Waals surface area (Å²) in [6.07, 6.45) is 0. The second kappa shape index (κ2) is 13.1. The Morgan fingerprint density at radius 1 is 0.905 bits per heavy atom. The molecule has 0 aliphatic carbocycles. The molecule has 212 valence electrons. The molecule has 0 aliphatic heterocycles. The van der Waals surface area contributed by atoms with Crippen molar-refractivity contribution in [3.8, 4) is 5.69 Å². The van der Waals surface area contributed by atoms with Crippen LogP contribution in [0.3, 0.4) is 0 Å². The van der Waals surface area contributed by atoms with E-state index in [2.05, 4.69) is 20.8 Å². The van der Waals surface area contributed by atoms with Crippen molar-refractivity contribution in [2.75, 3.05) is 17.7 Å². The zero-order valence-electron chi connectivity index (χ0n) is 22.5. The van der Waals surface area contributed by atoms with Gasteiger partial charge in [-0.3, -0.25) is 14.2 Å². The summed E-state index contributed by atoms with van der Waals surface area (Å²) in [4.78, 5) is 37.6. The zero-order valence-corrected chi connectivity index (χ0v) is 23.4. The van der Waals surface area contributed by atoms with E-state index >= 15 is 0 Å². The first kappa shape index (κ1) is 28.5. The molecule has 0 bridgehead atoms. The minimum absolute atomic E-state index is 0.00131. The van der Waals surface area contributed by atoms with Gasteiger partial charge in [-0.1, -0.05) is 48.2 Å². The Labute approximate surface area is 245 Å². The van der Waals surface area contributed by atoms with E-state index in [-0.39, 0.29) is 30.7 Å². The molecule has 5 rings (SSSR count). The fourth-order valence-corrected chi connectivity index (χ4v) is 5.04. The highest BCUT2D eigenvalue weighted by Gasteiger charge is 2.18. The van der Waals surface area contributed by atoms with Crippen molar-refractivity contribution in [1.82, 2.24) is 20.1 Å². The van der Waals surface area contributed by atoms with Crippen molar-refractivity contribution in [3.05, 3.63) is 114 Å². The molecule has 0 unspecified atom stereocenters. The van der Waals surface area contributed by atoms with Gasteiger partial charge in [0.2, 0.25) is 5.91 Å². The number of rotatable bonds is 10. The third-order valence-corrected chi connectivity index (χ3v) is 7.17. The zero-order chi connectivity index (χ0) is 29.5. The summed E-state index contributed by atoms with van der Waals surface area (Å²) >= 11 is 1.14. The Balaban J connectivity index is 1.29. The molecule has 42 heavy (non-hydrogen) atoms. The van der Waals surface area contributed by atoms with Gasteiger partial charge in [0.05, 0.1) is 24.5 Å². The van der Waals surface area contributed by atoms with Crippen LogP contribution >= 0.6 is 11.8 Å². The van der Waals surface area contributed by atoms with E-state index < -0.39 is 11.8 Å². The number of thioether (sulfide) groups is 1. The molecule has 0 saturated carbocycles. The lowest BCUT2D eigenvalue weighted by molar-refractivity contribution is -0.113. The summed E-state index contributed by atoms with van der Waals surface area (Å²) in [5.41, 5.74) is 2.01. The molecule has 0 saturated heterocycles. The number of carbonyl (C=O) groups is 3. The molecule has 0 radical (unpaired) electrons. The van der Waals surface area contributed by atoms with E-state index in [4.69, 9.17) is 4.74 Å². The van der Waals surface area contributed by atoms with Gasteiger partial charge in [-0.2, -0.15) is 0 Å². The minimum Gasteiger partial charge on any atom is -0.462 e. The molecule has 0 aliphatic rings. The number of anilines is 1. The van der Waals surface area contributed by atoms with E-state index in [1.165, 1.54) is 12.1 Å². The molecule has 0 fully saturated rings. The molecule has 1 aromatic heterocycles. The van der Waals surface area contributed by atoms with Gasteiger partial charge in [0.15, 0.2) is 11.0 Å². The average Bonchev–Trinajstić information content (AvgIpc) is 3.42. The van der Waals surface area contributed by atoms with E-state index in [1.54, 1.807) is 54.0 Å². The number of hydrogen-bond acceptors (Lipinski definition) is 7. The Morgan fingerprint density at radius 2 is 1.64 bits per heavy atom. The van der Waals surface area contributed by atoms with Gasteiger partial charge in [0.25, 0.3) is 5.91 Å². The number of nitrogens with zero attached hydrogens (tertiary/aromatic N) is 3. The normalized spacial score (nSPS) is 10.8. The Hall–Kier alpha value is -5.03. The number of esters is 1. The number of benzene rings is 4. The third kappa shape index (κ3) is 6.64. The smallest absolute Gasteiger partial charge is 0.338 e. The van der Waals surface area contributed by atoms with Crippen LogP contribution in [0, 0.1) is 5.82 Å². The fraction of sp³-hybridized carbons (Fsp3) is 0.129. The van der Waals surface area contributed by atoms with Crippen molar-refractivity contribution < 1.29 is 23.5 Å². The van der Waals surface area contributed by atoms with Gasteiger partial charge in [-0.25, -0.2) is 9.18 Å². The lowest BCUT2D eigenvalue weighted by Gasteiger charge is -2.12. The number of nitrogens with one attached hydrogen (secondary N) is 2. The van der Waals surface area contributed by atoms with Gasteiger partial charge in [-0.05, 0) is 72.3 Å². The highest BCUT2D eigenvalue weighted by atomic mass is 32.2. The van der Waals surface area contributed by atoms with Crippen molar-refractivity contribution in [1.29, 1.82) is 0 Å². The van der Waals surface area contributed by atoms with Gasteiger partial charge < -0.3 is 15.4 Å². The quantitative estimate of drug-likeness (QED) is 0.167. The number of amides is 2. The number of aromatic nitrogens is 3. The van der Waals surface area contributed by atoms with E-state index in [1.807, 2.05) is 36.4 Å². The maximum Gasteiger partial charge on any atom is 0.338 e. The van der Waals surface area contributed by atoms with E-state index in [0.29, 0.717) is 33.5 Å². The first-order chi connectivity index (χ1) is 20.4. The summed E-state index contributed by atoms with van der Waals surface area (Å²) in [6, 6.07) is 25.3. The Bertz CT molecular complexity index is 1730. The number of hydrogen-bond donors (Lipinski definition) is 2. The van der Waals surface area contributed by atoms with Crippen LogP contribution in [0.15, 0.2) is 96.2 Å². The molecular formula is C31H26FN5O4S. The molecule has 0 atom stereocenters. The number of halogens is 1. The maximum atomic E-state index is 13.7. The standard InChI is InChI=1S/C31H26FN5O4S/c1-2-41-30(40)21-10-14-23(15-11-21)34-28(38)19-42-31-36-35-27(37(31)24-16-12-22(32)13-17-24)18-33-29(39)26-9-5-7-20-6-3-4-8-25(20)26/h3-17H,2,18-19H2,1H3,(H,33,39)(H,34,38). The Morgan fingerprint density at radius 3 is 2.40 bits per heavy atom. The lowest BCUT2D eigenvalue weighted by Crippen LogP contribution is -2.25.